The van der Waals surface area contributed by atoms with Crippen LogP contribution in [-0.4, -0.2) is 5.11 Å². The zero-order valence-electron chi connectivity index (χ0n) is 14.3. The van der Waals surface area contributed by atoms with E-state index in [9.17, 15) is 10.4 Å². The van der Waals surface area contributed by atoms with E-state index in [2.05, 4.69) is 6.07 Å². The van der Waals surface area contributed by atoms with Crippen molar-refractivity contribution in [2.45, 2.75) is 19.2 Å². The molecule has 1 aliphatic heterocycles. The van der Waals surface area contributed by atoms with Gasteiger partial charge in [0, 0.05) is 11.3 Å². The van der Waals surface area contributed by atoms with Crippen LogP contribution in [0.3, 0.4) is 0 Å². The Hall–Kier alpha value is -3.45. The van der Waals surface area contributed by atoms with Gasteiger partial charge in [-0.3, -0.25) is 0 Å². The van der Waals surface area contributed by atoms with Gasteiger partial charge in [0.05, 0.1) is 11.6 Å². The second-order valence-corrected chi connectivity index (χ2v) is 6.34. The molecule has 0 saturated heterocycles. The zero-order valence-corrected chi connectivity index (χ0v) is 14.3. The Balaban J connectivity index is 1.91. The summed E-state index contributed by atoms with van der Waals surface area (Å²) < 4.78 is 6.24. The second kappa shape index (κ2) is 6.45. The predicted octanol–water partition coefficient (Wildman–Crippen LogP) is 4.86. The van der Waals surface area contributed by atoms with Crippen molar-refractivity contribution in [2.24, 2.45) is 0 Å². The molecule has 4 rings (SSSR count). The van der Waals surface area contributed by atoms with Gasteiger partial charge in [-0.1, -0.05) is 48.0 Å². The standard InChI is InChI=1S/C22H18N2O2/c1-15-10-12-16(13-11-15)24-19(14-23)17-6-3-5-9-21(17)26-22(24)18-7-2-4-8-20(18)25/h2-13,19,22,25H,1H3. The van der Waals surface area contributed by atoms with Crippen molar-refractivity contribution in [3.8, 4) is 17.6 Å². The number of aromatic hydroxyl groups is 1. The van der Waals surface area contributed by atoms with Crippen molar-refractivity contribution in [1.82, 2.24) is 0 Å². The summed E-state index contributed by atoms with van der Waals surface area (Å²) in [5.41, 5.74) is 3.45. The topological polar surface area (TPSA) is 56.5 Å². The highest BCUT2D eigenvalue weighted by atomic mass is 16.5. The lowest BCUT2D eigenvalue weighted by Gasteiger charge is -2.41. The number of hydrogen-bond donors (Lipinski definition) is 1. The molecule has 2 atom stereocenters. The average molecular weight is 342 g/mol. The molecule has 0 spiro atoms. The molecule has 1 heterocycles. The summed E-state index contributed by atoms with van der Waals surface area (Å²) in [6.07, 6.45) is -0.599. The van der Waals surface area contributed by atoms with Gasteiger partial charge >= 0.3 is 0 Å². The Morgan fingerprint density at radius 2 is 1.58 bits per heavy atom. The van der Waals surface area contributed by atoms with E-state index in [-0.39, 0.29) is 5.75 Å². The molecule has 0 aromatic heterocycles. The number of phenols is 1. The number of para-hydroxylation sites is 2. The lowest BCUT2D eigenvalue weighted by atomic mass is 9.99. The first kappa shape index (κ1) is 16.0. The number of phenolic OH excluding ortho intramolecular Hbond substituents is 1. The summed E-state index contributed by atoms with van der Waals surface area (Å²) in [4.78, 5) is 1.91. The fourth-order valence-corrected chi connectivity index (χ4v) is 3.32. The molecule has 0 amide bonds. The smallest absolute Gasteiger partial charge is 0.203 e. The first-order valence-corrected chi connectivity index (χ1v) is 8.47. The van der Waals surface area contributed by atoms with E-state index in [1.807, 2.05) is 72.5 Å². The molecular weight excluding hydrogens is 324 g/mol. The quantitative estimate of drug-likeness (QED) is 0.722. The van der Waals surface area contributed by atoms with E-state index in [0.29, 0.717) is 11.3 Å². The molecule has 0 radical (unpaired) electrons. The van der Waals surface area contributed by atoms with Gasteiger partial charge in [0.15, 0.2) is 0 Å². The summed E-state index contributed by atoms with van der Waals surface area (Å²) in [5, 5.41) is 20.3. The highest BCUT2D eigenvalue weighted by Crippen LogP contribution is 2.46. The van der Waals surface area contributed by atoms with E-state index in [0.717, 1.165) is 16.8 Å². The highest BCUT2D eigenvalue weighted by molar-refractivity contribution is 5.58. The van der Waals surface area contributed by atoms with Gasteiger partial charge in [0.1, 0.15) is 17.5 Å². The van der Waals surface area contributed by atoms with E-state index >= 15 is 0 Å². The van der Waals surface area contributed by atoms with Crippen LogP contribution in [0.2, 0.25) is 0 Å². The maximum atomic E-state index is 10.4. The molecule has 0 bridgehead atoms. The van der Waals surface area contributed by atoms with Crippen molar-refractivity contribution in [3.63, 3.8) is 0 Å². The van der Waals surface area contributed by atoms with Crippen LogP contribution in [0, 0.1) is 18.3 Å². The summed E-state index contributed by atoms with van der Waals surface area (Å²) in [6.45, 7) is 2.02. The van der Waals surface area contributed by atoms with Gasteiger partial charge in [-0.25, -0.2) is 0 Å². The Bertz CT molecular complexity index is 976. The van der Waals surface area contributed by atoms with Crippen molar-refractivity contribution in [2.75, 3.05) is 4.90 Å². The Morgan fingerprint density at radius 3 is 2.27 bits per heavy atom. The van der Waals surface area contributed by atoms with Crippen LogP contribution in [-0.2, 0) is 0 Å². The number of rotatable bonds is 2. The Labute approximate surface area is 152 Å². The summed E-state index contributed by atoms with van der Waals surface area (Å²) >= 11 is 0. The van der Waals surface area contributed by atoms with Crippen molar-refractivity contribution >= 4 is 5.69 Å². The molecule has 4 nitrogen and oxygen atoms in total. The third-order valence-corrected chi connectivity index (χ3v) is 4.64. The third kappa shape index (κ3) is 2.64. The maximum absolute atomic E-state index is 10.4. The number of nitriles is 1. The van der Waals surface area contributed by atoms with Gasteiger partial charge in [0.2, 0.25) is 6.23 Å². The first-order valence-electron chi connectivity index (χ1n) is 8.47. The van der Waals surface area contributed by atoms with Gasteiger partial charge in [0.25, 0.3) is 0 Å². The molecule has 0 fully saturated rings. The molecular formula is C22H18N2O2. The average Bonchev–Trinajstić information content (AvgIpc) is 2.67. The fraction of sp³-hybridized carbons (Fsp3) is 0.136. The van der Waals surface area contributed by atoms with Crippen LogP contribution in [0.1, 0.15) is 29.0 Å². The van der Waals surface area contributed by atoms with Crippen LogP contribution < -0.4 is 9.64 Å². The Morgan fingerprint density at radius 1 is 0.923 bits per heavy atom. The molecule has 4 heteroatoms. The van der Waals surface area contributed by atoms with Crippen LogP contribution in [0.25, 0.3) is 0 Å². The third-order valence-electron chi connectivity index (χ3n) is 4.64. The van der Waals surface area contributed by atoms with Crippen LogP contribution >= 0.6 is 0 Å². The molecule has 3 aromatic rings. The molecule has 1 N–H and O–H groups in total. The van der Waals surface area contributed by atoms with Gasteiger partial charge in [-0.15, -0.1) is 0 Å². The van der Waals surface area contributed by atoms with Crippen molar-refractivity contribution in [1.29, 1.82) is 5.26 Å². The van der Waals surface area contributed by atoms with Gasteiger partial charge in [-0.2, -0.15) is 5.26 Å². The van der Waals surface area contributed by atoms with Gasteiger partial charge < -0.3 is 14.7 Å². The number of aryl methyl sites for hydroxylation is 1. The van der Waals surface area contributed by atoms with E-state index < -0.39 is 12.3 Å². The van der Waals surface area contributed by atoms with Crippen molar-refractivity contribution < 1.29 is 9.84 Å². The minimum absolute atomic E-state index is 0.144. The normalized spacial score (nSPS) is 18.5. The highest BCUT2D eigenvalue weighted by Gasteiger charge is 2.38. The van der Waals surface area contributed by atoms with Crippen LogP contribution in [0.15, 0.2) is 72.8 Å². The SMILES string of the molecule is Cc1ccc(N2C(C#N)c3ccccc3OC2c2ccccc2O)cc1. The minimum atomic E-state index is -0.599. The monoisotopic (exact) mass is 342 g/mol. The molecule has 1 aliphatic rings. The zero-order chi connectivity index (χ0) is 18.1. The number of anilines is 1. The number of hydrogen-bond acceptors (Lipinski definition) is 4. The predicted molar refractivity (Wildman–Crippen MR) is 99.9 cm³/mol. The number of fused-ring (bicyclic) bond motifs is 1. The number of nitrogens with zero attached hydrogens (tertiary/aromatic N) is 2. The summed E-state index contributed by atoms with van der Waals surface area (Å²) in [6, 6.07) is 24.5. The van der Waals surface area contributed by atoms with Crippen LogP contribution in [0.4, 0.5) is 5.69 Å². The van der Waals surface area contributed by atoms with Gasteiger partial charge in [-0.05, 0) is 37.3 Å². The molecule has 0 saturated carbocycles. The van der Waals surface area contributed by atoms with Crippen molar-refractivity contribution in [3.05, 3.63) is 89.5 Å². The lowest BCUT2D eigenvalue weighted by molar-refractivity contribution is 0.168. The molecule has 2 unspecified atom stereocenters. The molecule has 0 aliphatic carbocycles. The lowest BCUT2D eigenvalue weighted by Crippen LogP contribution is -2.39. The Kier molecular flexibility index (Phi) is 3.98. The van der Waals surface area contributed by atoms with E-state index in [4.69, 9.17) is 4.74 Å². The fourth-order valence-electron chi connectivity index (χ4n) is 3.32. The van der Waals surface area contributed by atoms with E-state index in [1.165, 1.54) is 0 Å². The molecule has 26 heavy (non-hydrogen) atoms. The number of ether oxygens (including phenoxy) is 1. The minimum Gasteiger partial charge on any atom is -0.507 e. The summed E-state index contributed by atoms with van der Waals surface area (Å²) in [7, 11) is 0. The van der Waals surface area contributed by atoms with Crippen LogP contribution in [0.5, 0.6) is 11.5 Å². The largest absolute Gasteiger partial charge is 0.507 e. The number of benzene rings is 3. The molecule has 3 aromatic carbocycles. The van der Waals surface area contributed by atoms with E-state index in [1.54, 1.807) is 12.1 Å². The first-order chi connectivity index (χ1) is 12.7. The summed E-state index contributed by atoms with van der Waals surface area (Å²) in [5.74, 6) is 0.807. The second-order valence-electron chi connectivity index (χ2n) is 6.34. The molecule has 128 valence electrons. The maximum Gasteiger partial charge on any atom is 0.203 e.